The molecule has 0 radical (unpaired) electrons. The second kappa shape index (κ2) is 5.57. The van der Waals surface area contributed by atoms with Crippen LogP contribution in [0.4, 0.5) is 0 Å². The Labute approximate surface area is 141 Å². The second-order valence-corrected chi connectivity index (χ2v) is 6.24. The van der Waals surface area contributed by atoms with Gasteiger partial charge in [0.1, 0.15) is 0 Å². The number of benzene rings is 2. The van der Waals surface area contributed by atoms with Crippen molar-refractivity contribution in [2.75, 3.05) is 0 Å². The number of hydrogen-bond acceptors (Lipinski definition) is 2. The second-order valence-electron chi connectivity index (χ2n) is 4.99. The molecule has 22 heavy (non-hydrogen) atoms. The van der Waals surface area contributed by atoms with Gasteiger partial charge in [0, 0.05) is 20.2 Å². The summed E-state index contributed by atoms with van der Waals surface area (Å²) in [5.41, 5.74) is 7.73. The SMILES string of the molecule is Cc1c(C(N)=O)c2ccccc2n1C(=O)c1cccc(I)c1. The molecule has 0 unspecified atom stereocenters. The topological polar surface area (TPSA) is 65.1 Å². The third kappa shape index (κ3) is 2.31. The number of amides is 1. The van der Waals surface area contributed by atoms with Crippen LogP contribution < -0.4 is 5.73 Å². The van der Waals surface area contributed by atoms with Gasteiger partial charge in [-0.2, -0.15) is 0 Å². The fraction of sp³-hybridized carbons (Fsp3) is 0.0588. The maximum absolute atomic E-state index is 12.9. The van der Waals surface area contributed by atoms with Crippen LogP contribution in [-0.4, -0.2) is 16.4 Å². The van der Waals surface area contributed by atoms with Crippen molar-refractivity contribution in [3.05, 3.63) is 68.9 Å². The van der Waals surface area contributed by atoms with Crippen molar-refractivity contribution in [2.45, 2.75) is 6.92 Å². The number of carbonyl (C=O) groups is 2. The lowest BCUT2D eigenvalue weighted by atomic mass is 10.1. The normalized spacial score (nSPS) is 10.8. The number of hydrogen-bond donors (Lipinski definition) is 1. The molecule has 0 saturated carbocycles. The highest BCUT2D eigenvalue weighted by Crippen LogP contribution is 2.26. The Morgan fingerprint density at radius 3 is 2.50 bits per heavy atom. The lowest BCUT2D eigenvalue weighted by Gasteiger charge is -2.07. The highest BCUT2D eigenvalue weighted by atomic mass is 127. The van der Waals surface area contributed by atoms with Crippen LogP contribution in [0, 0.1) is 10.5 Å². The number of para-hydroxylation sites is 1. The molecular formula is C17H13IN2O2. The Bertz CT molecular complexity index is 912. The van der Waals surface area contributed by atoms with Crippen molar-refractivity contribution >= 4 is 45.3 Å². The van der Waals surface area contributed by atoms with Gasteiger partial charge in [-0.25, -0.2) is 0 Å². The average Bonchev–Trinajstić information content (AvgIpc) is 2.78. The van der Waals surface area contributed by atoms with Crippen molar-refractivity contribution < 1.29 is 9.59 Å². The molecule has 1 heterocycles. The third-order valence-corrected chi connectivity index (χ3v) is 4.30. The number of carbonyl (C=O) groups excluding carboxylic acids is 2. The lowest BCUT2D eigenvalue weighted by molar-refractivity contribution is 0.0963. The molecule has 0 fully saturated rings. The van der Waals surface area contributed by atoms with Crippen molar-refractivity contribution in [1.82, 2.24) is 4.57 Å². The fourth-order valence-corrected chi connectivity index (χ4v) is 3.23. The van der Waals surface area contributed by atoms with Gasteiger partial charge < -0.3 is 5.73 Å². The Morgan fingerprint density at radius 2 is 1.82 bits per heavy atom. The van der Waals surface area contributed by atoms with Crippen LogP contribution in [0.3, 0.4) is 0 Å². The minimum atomic E-state index is -0.525. The molecule has 110 valence electrons. The summed E-state index contributed by atoms with van der Waals surface area (Å²) in [4.78, 5) is 24.6. The minimum absolute atomic E-state index is 0.167. The number of nitrogens with zero attached hydrogens (tertiary/aromatic N) is 1. The van der Waals surface area contributed by atoms with Crippen molar-refractivity contribution in [3.8, 4) is 0 Å². The molecule has 0 aliphatic rings. The van der Waals surface area contributed by atoms with E-state index in [0.29, 0.717) is 27.7 Å². The Balaban J connectivity index is 2.29. The molecule has 2 aromatic carbocycles. The van der Waals surface area contributed by atoms with Gasteiger partial charge >= 0.3 is 0 Å². The molecular weight excluding hydrogens is 391 g/mol. The van der Waals surface area contributed by atoms with Gasteiger partial charge in [0.25, 0.3) is 11.8 Å². The molecule has 5 heteroatoms. The van der Waals surface area contributed by atoms with E-state index in [2.05, 4.69) is 22.6 Å². The molecule has 2 N–H and O–H groups in total. The molecule has 0 aliphatic heterocycles. The molecule has 0 aliphatic carbocycles. The van der Waals surface area contributed by atoms with E-state index in [0.717, 1.165) is 3.57 Å². The molecule has 1 amide bonds. The van der Waals surface area contributed by atoms with Crippen LogP contribution in [0.2, 0.25) is 0 Å². The van der Waals surface area contributed by atoms with Gasteiger partial charge in [0.15, 0.2) is 0 Å². The van der Waals surface area contributed by atoms with Gasteiger partial charge in [-0.05, 0) is 53.8 Å². The van der Waals surface area contributed by atoms with Crippen LogP contribution in [0.1, 0.15) is 26.4 Å². The number of aromatic nitrogens is 1. The molecule has 0 atom stereocenters. The van der Waals surface area contributed by atoms with E-state index in [1.807, 2.05) is 36.4 Å². The molecule has 3 rings (SSSR count). The Morgan fingerprint density at radius 1 is 1.09 bits per heavy atom. The molecule has 1 aromatic heterocycles. The summed E-state index contributed by atoms with van der Waals surface area (Å²) in [7, 11) is 0. The van der Waals surface area contributed by atoms with Crippen LogP contribution in [0.15, 0.2) is 48.5 Å². The number of fused-ring (bicyclic) bond motifs is 1. The van der Waals surface area contributed by atoms with Crippen molar-refractivity contribution in [3.63, 3.8) is 0 Å². The summed E-state index contributed by atoms with van der Waals surface area (Å²) in [6.07, 6.45) is 0. The first-order chi connectivity index (χ1) is 10.5. The predicted molar refractivity (Wildman–Crippen MR) is 94.1 cm³/mol. The van der Waals surface area contributed by atoms with E-state index in [1.54, 1.807) is 23.6 Å². The van der Waals surface area contributed by atoms with E-state index >= 15 is 0 Å². The van der Waals surface area contributed by atoms with E-state index < -0.39 is 5.91 Å². The quantitative estimate of drug-likeness (QED) is 0.666. The first-order valence-electron chi connectivity index (χ1n) is 6.71. The largest absolute Gasteiger partial charge is 0.366 e. The van der Waals surface area contributed by atoms with Gasteiger partial charge in [0.2, 0.25) is 0 Å². The third-order valence-electron chi connectivity index (χ3n) is 3.63. The van der Waals surface area contributed by atoms with Gasteiger partial charge in [-0.1, -0.05) is 24.3 Å². The van der Waals surface area contributed by atoms with Crippen LogP contribution in [-0.2, 0) is 0 Å². The minimum Gasteiger partial charge on any atom is -0.366 e. The van der Waals surface area contributed by atoms with Crippen molar-refractivity contribution in [2.24, 2.45) is 5.73 Å². The van der Waals surface area contributed by atoms with Gasteiger partial charge in [0.05, 0.1) is 11.1 Å². The summed E-state index contributed by atoms with van der Waals surface area (Å²) in [6, 6.07) is 14.6. The van der Waals surface area contributed by atoms with Crippen LogP contribution >= 0.6 is 22.6 Å². The maximum atomic E-state index is 12.9. The van der Waals surface area contributed by atoms with Gasteiger partial charge in [-0.3, -0.25) is 14.2 Å². The Kier molecular flexibility index (Phi) is 3.74. The number of primary amides is 1. The van der Waals surface area contributed by atoms with Crippen molar-refractivity contribution in [1.29, 1.82) is 0 Å². The summed E-state index contributed by atoms with van der Waals surface area (Å²) in [5.74, 6) is -0.692. The highest BCUT2D eigenvalue weighted by Gasteiger charge is 2.22. The molecule has 4 nitrogen and oxygen atoms in total. The average molecular weight is 404 g/mol. The first-order valence-corrected chi connectivity index (χ1v) is 7.78. The summed E-state index contributed by atoms with van der Waals surface area (Å²) in [6.45, 7) is 1.74. The molecule has 3 aromatic rings. The number of rotatable bonds is 2. The zero-order valence-corrected chi connectivity index (χ0v) is 14.0. The van der Waals surface area contributed by atoms with E-state index in [-0.39, 0.29) is 5.91 Å². The first kappa shape index (κ1) is 14.8. The number of nitrogens with two attached hydrogens (primary N) is 1. The van der Waals surface area contributed by atoms with Crippen LogP contribution in [0.5, 0.6) is 0 Å². The van der Waals surface area contributed by atoms with Gasteiger partial charge in [-0.15, -0.1) is 0 Å². The molecule has 0 bridgehead atoms. The highest BCUT2D eigenvalue weighted by molar-refractivity contribution is 14.1. The predicted octanol–water partition coefficient (Wildman–Crippen LogP) is 3.34. The molecule has 0 spiro atoms. The van der Waals surface area contributed by atoms with E-state index in [1.165, 1.54) is 0 Å². The standard InChI is InChI=1S/C17H13IN2O2/c1-10-15(16(19)21)13-7-2-3-8-14(13)20(10)17(22)11-5-4-6-12(18)9-11/h2-9H,1H3,(H2,19,21). The van der Waals surface area contributed by atoms with E-state index in [9.17, 15) is 9.59 Å². The zero-order chi connectivity index (χ0) is 15.9. The molecule has 0 saturated heterocycles. The maximum Gasteiger partial charge on any atom is 0.262 e. The monoisotopic (exact) mass is 404 g/mol. The Hall–Kier alpha value is -2.15. The zero-order valence-electron chi connectivity index (χ0n) is 11.8. The summed E-state index contributed by atoms with van der Waals surface area (Å²) in [5, 5.41) is 0.700. The van der Waals surface area contributed by atoms with E-state index in [4.69, 9.17) is 5.73 Å². The smallest absolute Gasteiger partial charge is 0.262 e. The fourth-order valence-electron chi connectivity index (χ4n) is 2.69. The van der Waals surface area contributed by atoms with Crippen LogP contribution in [0.25, 0.3) is 10.9 Å². The number of halogens is 1. The summed E-state index contributed by atoms with van der Waals surface area (Å²) < 4.78 is 2.54. The summed E-state index contributed by atoms with van der Waals surface area (Å²) >= 11 is 2.17. The lowest BCUT2D eigenvalue weighted by Crippen LogP contribution is -2.16.